The largest absolute Gasteiger partial charge is 0.353 e. The van der Waals surface area contributed by atoms with Gasteiger partial charge in [0.15, 0.2) is 0 Å². The zero-order chi connectivity index (χ0) is 15.3. The summed E-state index contributed by atoms with van der Waals surface area (Å²) < 4.78 is 0. The molecule has 2 fully saturated rings. The van der Waals surface area contributed by atoms with Crippen LogP contribution < -0.4 is 5.32 Å². The summed E-state index contributed by atoms with van der Waals surface area (Å²) in [5, 5.41) is 5.79. The lowest BCUT2D eigenvalue weighted by molar-refractivity contribution is -0.118. The third-order valence-electron chi connectivity index (χ3n) is 4.57. The smallest absolute Gasteiger partial charge is 0.230 e. The fraction of sp³-hybridized carbons (Fsp3) is 0.688. The van der Waals surface area contributed by atoms with Crippen molar-refractivity contribution < 1.29 is 4.79 Å². The van der Waals surface area contributed by atoms with Gasteiger partial charge in [-0.25, -0.2) is 9.97 Å². The van der Waals surface area contributed by atoms with Crippen LogP contribution in [0.1, 0.15) is 62.8 Å². The third-order valence-corrected chi connectivity index (χ3v) is 6.88. The number of rotatable bonds is 5. The minimum absolute atomic E-state index is 0.138. The number of fused-ring (bicyclic) bond motifs is 1. The van der Waals surface area contributed by atoms with E-state index < -0.39 is 0 Å². The summed E-state index contributed by atoms with van der Waals surface area (Å²) in [5.41, 5.74) is 1.27. The highest BCUT2D eigenvalue weighted by Crippen LogP contribution is 2.49. The molecule has 6 heteroatoms. The standard InChI is InChI=1S/C16H21N3OS2/c1-8-9(2)22-16-13(8)15(18-14(19-16)10-3-4-10)21-7-12(20)17-11-5-6-11/h8-11H,3-7H2,1-2H3,(H,17,20). The molecule has 0 bridgehead atoms. The predicted molar refractivity (Wildman–Crippen MR) is 89.6 cm³/mol. The minimum Gasteiger partial charge on any atom is -0.353 e. The first-order chi connectivity index (χ1) is 10.6. The van der Waals surface area contributed by atoms with Crippen LogP contribution in [0.4, 0.5) is 0 Å². The lowest BCUT2D eigenvalue weighted by Crippen LogP contribution is -2.27. The first-order valence-corrected chi connectivity index (χ1v) is 9.99. The average Bonchev–Trinajstić information content (AvgIpc) is 3.37. The van der Waals surface area contributed by atoms with Crippen LogP contribution in [0.2, 0.25) is 0 Å². The molecule has 2 unspecified atom stereocenters. The van der Waals surface area contributed by atoms with Gasteiger partial charge >= 0.3 is 0 Å². The Labute approximate surface area is 139 Å². The molecule has 2 heterocycles. The maximum Gasteiger partial charge on any atom is 0.230 e. The normalized spacial score (nSPS) is 26.8. The number of hydrogen-bond acceptors (Lipinski definition) is 5. The van der Waals surface area contributed by atoms with Crippen LogP contribution in [0.5, 0.6) is 0 Å². The van der Waals surface area contributed by atoms with Gasteiger partial charge in [-0.1, -0.05) is 25.6 Å². The number of thioether (sulfide) groups is 2. The van der Waals surface area contributed by atoms with E-state index in [1.54, 1.807) is 11.8 Å². The van der Waals surface area contributed by atoms with Crippen molar-refractivity contribution in [3.05, 3.63) is 11.4 Å². The third kappa shape index (κ3) is 3.00. The maximum absolute atomic E-state index is 12.0. The Bertz CT molecular complexity index is 614. The van der Waals surface area contributed by atoms with Gasteiger partial charge in [-0.15, -0.1) is 11.8 Å². The van der Waals surface area contributed by atoms with Gasteiger partial charge in [0.2, 0.25) is 5.91 Å². The number of carbonyl (C=O) groups excluding carboxylic acids is 1. The van der Waals surface area contributed by atoms with Gasteiger partial charge in [0, 0.05) is 22.8 Å². The monoisotopic (exact) mass is 335 g/mol. The summed E-state index contributed by atoms with van der Waals surface area (Å²) in [6, 6.07) is 0.431. The zero-order valence-electron chi connectivity index (χ0n) is 13.0. The highest BCUT2D eigenvalue weighted by molar-refractivity contribution is 8.01. The number of nitrogens with one attached hydrogen (secondary N) is 1. The Morgan fingerprint density at radius 3 is 2.73 bits per heavy atom. The van der Waals surface area contributed by atoms with E-state index in [0.29, 0.717) is 28.9 Å². The van der Waals surface area contributed by atoms with Crippen LogP contribution in [-0.2, 0) is 4.79 Å². The van der Waals surface area contributed by atoms with Gasteiger partial charge in [-0.2, -0.15) is 0 Å². The van der Waals surface area contributed by atoms with Crippen LogP contribution in [-0.4, -0.2) is 32.9 Å². The molecular weight excluding hydrogens is 314 g/mol. The van der Waals surface area contributed by atoms with Gasteiger partial charge in [0.1, 0.15) is 15.9 Å². The molecule has 22 heavy (non-hydrogen) atoms. The number of hydrogen-bond donors (Lipinski definition) is 1. The van der Waals surface area contributed by atoms with E-state index in [2.05, 4.69) is 19.2 Å². The van der Waals surface area contributed by atoms with E-state index in [4.69, 9.17) is 9.97 Å². The van der Waals surface area contributed by atoms with Gasteiger partial charge in [0.05, 0.1) is 5.75 Å². The molecule has 1 N–H and O–H groups in total. The Morgan fingerprint density at radius 2 is 2.05 bits per heavy atom. The topological polar surface area (TPSA) is 54.9 Å². The van der Waals surface area contributed by atoms with E-state index in [0.717, 1.165) is 28.7 Å². The van der Waals surface area contributed by atoms with Gasteiger partial charge in [0.25, 0.3) is 0 Å². The van der Waals surface area contributed by atoms with E-state index in [1.807, 2.05) is 11.8 Å². The van der Waals surface area contributed by atoms with Gasteiger partial charge in [-0.3, -0.25) is 4.79 Å². The van der Waals surface area contributed by atoms with Crippen LogP contribution in [0.25, 0.3) is 0 Å². The molecule has 0 aromatic carbocycles. The molecule has 1 aromatic heterocycles. The molecule has 4 nitrogen and oxygen atoms in total. The van der Waals surface area contributed by atoms with Crippen molar-refractivity contribution >= 4 is 29.4 Å². The first-order valence-electron chi connectivity index (χ1n) is 8.12. The van der Waals surface area contributed by atoms with E-state index in [1.165, 1.54) is 18.4 Å². The summed E-state index contributed by atoms with van der Waals surface area (Å²) in [7, 11) is 0. The van der Waals surface area contributed by atoms with Crippen molar-refractivity contribution in [2.24, 2.45) is 0 Å². The zero-order valence-corrected chi connectivity index (χ0v) is 14.6. The Hall–Kier alpha value is -0.750. The van der Waals surface area contributed by atoms with Crippen molar-refractivity contribution in [3.63, 3.8) is 0 Å². The van der Waals surface area contributed by atoms with Crippen LogP contribution >= 0.6 is 23.5 Å². The number of amides is 1. The van der Waals surface area contributed by atoms with Gasteiger partial charge < -0.3 is 5.32 Å². The molecule has 2 saturated carbocycles. The highest BCUT2D eigenvalue weighted by atomic mass is 32.2. The molecule has 0 saturated heterocycles. The number of carbonyl (C=O) groups is 1. The minimum atomic E-state index is 0.138. The Morgan fingerprint density at radius 1 is 1.27 bits per heavy atom. The van der Waals surface area contributed by atoms with Crippen molar-refractivity contribution in [3.8, 4) is 0 Å². The van der Waals surface area contributed by atoms with Crippen molar-refractivity contribution in [2.45, 2.75) is 72.7 Å². The second kappa shape index (κ2) is 5.71. The summed E-state index contributed by atoms with van der Waals surface area (Å²) in [5.74, 6) is 2.62. The van der Waals surface area contributed by atoms with Crippen molar-refractivity contribution in [2.75, 3.05) is 5.75 Å². The molecule has 2 aliphatic carbocycles. The number of nitrogens with zero attached hydrogens (tertiary/aromatic N) is 2. The fourth-order valence-corrected chi connectivity index (χ4v) is 4.96. The molecule has 4 rings (SSSR count). The maximum atomic E-state index is 12.0. The van der Waals surface area contributed by atoms with Crippen molar-refractivity contribution in [1.82, 2.24) is 15.3 Å². The second-order valence-corrected chi connectivity index (χ2v) is 8.95. The Balaban J connectivity index is 1.55. The van der Waals surface area contributed by atoms with E-state index >= 15 is 0 Å². The predicted octanol–water partition coefficient (Wildman–Crippen LogP) is 3.32. The molecule has 118 valence electrons. The lowest BCUT2D eigenvalue weighted by atomic mass is 10.0. The summed E-state index contributed by atoms with van der Waals surface area (Å²) in [6.45, 7) is 4.50. The molecule has 1 amide bonds. The molecule has 0 spiro atoms. The molecule has 1 aliphatic heterocycles. The van der Waals surface area contributed by atoms with E-state index in [9.17, 15) is 4.79 Å². The quantitative estimate of drug-likeness (QED) is 0.661. The average molecular weight is 335 g/mol. The number of aromatic nitrogens is 2. The molecule has 1 aromatic rings. The first kappa shape index (κ1) is 14.8. The van der Waals surface area contributed by atoms with Crippen LogP contribution in [0, 0.1) is 0 Å². The Kier molecular flexibility index (Phi) is 3.85. The molecule has 3 aliphatic rings. The summed E-state index contributed by atoms with van der Waals surface area (Å²) in [6.07, 6.45) is 4.69. The summed E-state index contributed by atoms with van der Waals surface area (Å²) >= 11 is 3.45. The molecule has 2 atom stereocenters. The SMILES string of the molecule is CC1Sc2nc(C3CC3)nc(SCC(=O)NC3CC3)c2C1C. The highest BCUT2D eigenvalue weighted by Gasteiger charge is 2.35. The summed E-state index contributed by atoms with van der Waals surface area (Å²) in [4.78, 5) is 21.6. The van der Waals surface area contributed by atoms with Gasteiger partial charge in [-0.05, 0) is 31.6 Å². The van der Waals surface area contributed by atoms with Crippen molar-refractivity contribution in [1.29, 1.82) is 0 Å². The van der Waals surface area contributed by atoms with E-state index in [-0.39, 0.29) is 5.91 Å². The fourth-order valence-electron chi connectivity index (χ4n) is 2.70. The van der Waals surface area contributed by atoms with Crippen LogP contribution in [0.3, 0.4) is 0 Å². The van der Waals surface area contributed by atoms with Crippen LogP contribution in [0.15, 0.2) is 10.1 Å². The molecular formula is C16H21N3OS2. The lowest BCUT2D eigenvalue weighted by Gasteiger charge is -2.13. The second-order valence-electron chi connectivity index (χ2n) is 6.62. The molecule has 0 radical (unpaired) electrons.